The van der Waals surface area contributed by atoms with E-state index in [9.17, 15) is 15.0 Å². The number of nitrogens with one attached hydrogen (secondary N) is 1. The Morgan fingerprint density at radius 2 is 1.88 bits per heavy atom. The summed E-state index contributed by atoms with van der Waals surface area (Å²) in [6, 6.07) is 6.16. The van der Waals surface area contributed by atoms with Crippen LogP contribution in [0.1, 0.15) is 55.7 Å². The second-order valence-corrected chi connectivity index (χ2v) is 7.84. The smallest absolute Gasteiger partial charge is 0.223 e. The van der Waals surface area contributed by atoms with Crippen molar-refractivity contribution in [3.63, 3.8) is 0 Å². The predicted molar refractivity (Wildman–Crippen MR) is 93.2 cm³/mol. The molecule has 0 radical (unpaired) electrons. The average Bonchev–Trinajstić information content (AvgIpc) is 3.05. The monoisotopic (exact) mass is 345 g/mol. The summed E-state index contributed by atoms with van der Waals surface area (Å²) in [4.78, 5) is 12.8. The lowest BCUT2D eigenvalue weighted by Gasteiger charge is -2.39. The minimum absolute atomic E-state index is 0.00587. The molecule has 5 nitrogen and oxygen atoms in total. The molecule has 1 aromatic carbocycles. The Kier molecular flexibility index (Phi) is 4.69. The fourth-order valence-electron chi connectivity index (χ4n) is 4.38. The van der Waals surface area contributed by atoms with E-state index in [0.717, 1.165) is 50.0 Å². The Balaban J connectivity index is 1.49. The lowest BCUT2D eigenvalue weighted by atomic mass is 9.74. The number of amides is 1. The van der Waals surface area contributed by atoms with E-state index in [1.807, 2.05) is 12.1 Å². The third kappa shape index (κ3) is 3.53. The first-order valence-electron chi connectivity index (χ1n) is 9.52. The van der Waals surface area contributed by atoms with E-state index in [4.69, 9.17) is 4.74 Å². The first-order valence-corrected chi connectivity index (χ1v) is 9.52. The van der Waals surface area contributed by atoms with Crippen LogP contribution in [0.5, 0.6) is 5.75 Å². The van der Waals surface area contributed by atoms with Crippen molar-refractivity contribution in [1.82, 2.24) is 5.32 Å². The number of carbonyl (C=O) groups excluding carboxylic acids is 1. The number of benzene rings is 1. The number of hydrogen-bond acceptors (Lipinski definition) is 4. The number of ether oxygens (including phenoxy) is 1. The summed E-state index contributed by atoms with van der Waals surface area (Å²) in [7, 11) is 0. The Bertz CT molecular complexity index is 633. The second-order valence-electron chi connectivity index (χ2n) is 7.84. The third-order valence-electron chi connectivity index (χ3n) is 6.06. The van der Waals surface area contributed by atoms with Gasteiger partial charge in [0.15, 0.2) is 0 Å². The van der Waals surface area contributed by atoms with Gasteiger partial charge in [-0.25, -0.2) is 0 Å². The fraction of sp³-hybridized carbons (Fsp3) is 0.650. The largest absolute Gasteiger partial charge is 0.493 e. The molecule has 136 valence electrons. The maximum atomic E-state index is 12.8. The van der Waals surface area contributed by atoms with Crippen LogP contribution in [0.2, 0.25) is 0 Å². The quantitative estimate of drug-likeness (QED) is 0.781. The van der Waals surface area contributed by atoms with Gasteiger partial charge in [-0.2, -0.15) is 0 Å². The SMILES string of the molecule is O=C(N[C@@H](c1ccc2c(c1)CCO2)C1CC(O)C1)C1CCC(O)CC1. The summed E-state index contributed by atoms with van der Waals surface area (Å²) >= 11 is 0. The van der Waals surface area contributed by atoms with Crippen LogP contribution in [-0.4, -0.2) is 34.9 Å². The van der Waals surface area contributed by atoms with Crippen molar-refractivity contribution in [1.29, 1.82) is 0 Å². The Morgan fingerprint density at radius 3 is 2.60 bits per heavy atom. The van der Waals surface area contributed by atoms with E-state index in [0.29, 0.717) is 12.8 Å². The highest BCUT2D eigenvalue weighted by atomic mass is 16.5. The fourth-order valence-corrected chi connectivity index (χ4v) is 4.38. The molecule has 3 aliphatic rings. The Hall–Kier alpha value is -1.59. The molecule has 2 saturated carbocycles. The molecule has 5 heteroatoms. The van der Waals surface area contributed by atoms with E-state index in [2.05, 4.69) is 11.4 Å². The average molecular weight is 345 g/mol. The van der Waals surface area contributed by atoms with Crippen LogP contribution in [-0.2, 0) is 11.2 Å². The Labute approximate surface area is 148 Å². The molecule has 3 N–H and O–H groups in total. The Morgan fingerprint density at radius 1 is 1.12 bits per heavy atom. The van der Waals surface area contributed by atoms with Crippen LogP contribution in [0.25, 0.3) is 0 Å². The maximum absolute atomic E-state index is 12.8. The van der Waals surface area contributed by atoms with Crippen molar-refractivity contribution in [3.05, 3.63) is 29.3 Å². The van der Waals surface area contributed by atoms with Gasteiger partial charge in [-0.3, -0.25) is 4.79 Å². The summed E-state index contributed by atoms with van der Waals surface area (Å²) in [6.07, 6.45) is 4.82. The molecule has 1 aromatic rings. The molecular weight excluding hydrogens is 318 g/mol. The van der Waals surface area contributed by atoms with Gasteiger partial charge in [-0.05, 0) is 67.7 Å². The molecule has 0 aromatic heterocycles. The lowest BCUT2D eigenvalue weighted by molar-refractivity contribution is -0.128. The van der Waals surface area contributed by atoms with Gasteiger partial charge < -0.3 is 20.3 Å². The molecule has 0 spiro atoms. The first-order chi connectivity index (χ1) is 12.1. The number of carbonyl (C=O) groups is 1. The van der Waals surface area contributed by atoms with Gasteiger partial charge in [0.25, 0.3) is 0 Å². The van der Waals surface area contributed by atoms with E-state index in [1.54, 1.807) is 0 Å². The van der Waals surface area contributed by atoms with Crippen molar-refractivity contribution >= 4 is 5.91 Å². The summed E-state index contributed by atoms with van der Waals surface area (Å²) < 4.78 is 5.59. The van der Waals surface area contributed by atoms with Gasteiger partial charge in [-0.15, -0.1) is 0 Å². The van der Waals surface area contributed by atoms with Crippen LogP contribution >= 0.6 is 0 Å². The highest BCUT2D eigenvalue weighted by Crippen LogP contribution is 2.40. The zero-order valence-electron chi connectivity index (χ0n) is 14.5. The van der Waals surface area contributed by atoms with Crippen molar-refractivity contribution in [3.8, 4) is 5.75 Å². The molecule has 1 heterocycles. The standard InChI is InChI=1S/C20H27NO4/c22-16-4-1-12(2-5-16)20(24)21-19(15-10-17(23)11-15)14-3-6-18-13(9-14)7-8-25-18/h3,6,9,12,15-17,19,22-23H,1-2,4-5,7-8,10-11H2,(H,21,24)/t12?,15?,16?,17?,19-/m0/s1. The molecule has 1 amide bonds. The first kappa shape index (κ1) is 16.9. The number of aliphatic hydroxyl groups is 2. The van der Waals surface area contributed by atoms with E-state index < -0.39 is 0 Å². The number of aliphatic hydroxyl groups excluding tert-OH is 2. The molecule has 0 bridgehead atoms. The molecule has 1 atom stereocenters. The molecule has 25 heavy (non-hydrogen) atoms. The van der Waals surface area contributed by atoms with Crippen molar-refractivity contribution < 1.29 is 19.7 Å². The highest BCUT2D eigenvalue weighted by Gasteiger charge is 2.37. The zero-order valence-corrected chi connectivity index (χ0v) is 14.5. The minimum Gasteiger partial charge on any atom is -0.493 e. The molecule has 2 aliphatic carbocycles. The van der Waals surface area contributed by atoms with Crippen LogP contribution < -0.4 is 10.1 Å². The summed E-state index contributed by atoms with van der Waals surface area (Å²) in [5, 5.41) is 22.6. The normalized spacial score (nSPS) is 32.2. The molecular formula is C20H27NO4. The van der Waals surface area contributed by atoms with Gasteiger partial charge in [-0.1, -0.05) is 6.07 Å². The van der Waals surface area contributed by atoms with Gasteiger partial charge in [0.2, 0.25) is 5.91 Å². The summed E-state index contributed by atoms with van der Waals surface area (Å²) in [5.41, 5.74) is 2.32. The minimum atomic E-state index is -0.252. The van der Waals surface area contributed by atoms with E-state index in [1.165, 1.54) is 5.56 Å². The zero-order chi connectivity index (χ0) is 17.4. The van der Waals surface area contributed by atoms with Crippen LogP contribution in [0.4, 0.5) is 0 Å². The van der Waals surface area contributed by atoms with Gasteiger partial charge in [0, 0.05) is 12.3 Å². The molecule has 0 saturated heterocycles. The van der Waals surface area contributed by atoms with Gasteiger partial charge in [0.05, 0.1) is 24.9 Å². The molecule has 4 rings (SSSR count). The number of fused-ring (bicyclic) bond motifs is 1. The van der Waals surface area contributed by atoms with E-state index >= 15 is 0 Å². The highest BCUT2D eigenvalue weighted by molar-refractivity contribution is 5.79. The van der Waals surface area contributed by atoms with Gasteiger partial charge >= 0.3 is 0 Å². The third-order valence-corrected chi connectivity index (χ3v) is 6.06. The lowest BCUT2D eigenvalue weighted by Crippen LogP contribution is -2.44. The van der Waals surface area contributed by atoms with Crippen LogP contribution in [0, 0.1) is 11.8 Å². The van der Waals surface area contributed by atoms with Crippen molar-refractivity contribution in [2.75, 3.05) is 6.61 Å². The van der Waals surface area contributed by atoms with E-state index in [-0.39, 0.29) is 36.0 Å². The number of hydrogen-bond donors (Lipinski definition) is 3. The molecule has 2 fully saturated rings. The second kappa shape index (κ2) is 6.96. The van der Waals surface area contributed by atoms with Crippen molar-refractivity contribution in [2.24, 2.45) is 11.8 Å². The van der Waals surface area contributed by atoms with Crippen LogP contribution in [0.15, 0.2) is 18.2 Å². The maximum Gasteiger partial charge on any atom is 0.223 e. The van der Waals surface area contributed by atoms with Crippen molar-refractivity contribution in [2.45, 2.75) is 63.2 Å². The predicted octanol–water partition coefficient (Wildman–Crippen LogP) is 2.10. The molecule has 1 aliphatic heterocycles. The molecule has 0 unspecified atom stereocenters. The number of rotatable bonds is 4. The summed E-state index contributed by atoms with van der Waals surface area (Å²) in [6.45, 7) is 0.725. The van der Waals surface area contributed by atoms with Gasteiger partial charge in [0.1, 0.15) is 5.75 Å². The van der Waals surface area contributed by atoms with Crippen LogP contribution in [0.3, 0.4) is 0 Å². The topological polar surface area (TPSA) is 78.8 Å². The summed E-state index contributed by atoms with van der Waals surface area (Å²) in [5.74, 6) is 1.32.